The molecule has 0 spiro atoms. The number of rotatable bonds is 7. The summed E-state index contributed by atoms with van der Waals surface area (Å²) in [4.78, 5) is 29.1. The zero-order valence-corrected chi connectivity index (χ0v) is 15.8. The largest absolute Gasteiger partial charge is 0.481 e. The van der Waals surface area contributed by atoms with Gasteiger partial charge in [-0.05, 0) is 43.7 Å². The van der Waals surface area contributed by atoms with E-state index in [1.54, 1.807) is 11.1 Å². The molecule has 2 rings (SSSR count). The number of carboxylic acid groups (broad SMARTS) is 1. The third-order valence-electron chi connectivity index (χ3n) is 4.50. The van der Waals surface area contributed by atoms with Gasteiger partial charge in [-0.15, -0.1) is 0 Å². The van der Waals surface area contributed by atoms with Crippen molar-refractivity contribution < 1.29 is 19.4 Å². The average molecular weight is 363 g/mol. The van der Waals surface area contributed by atoms with Gasteiger partial charge in [0.15, 0.2) is 0 Å². The number of carbonyl (C=O) groups excluding carboxylic acids is 1. The number of ether oxygens (including phenoxy) is 1. The first-order chi connectivity index (χ1) is 12.3. The van der Waals surface area contributed by atoms with Crippen molar-refractivity contribution in [2.75, 3.05) is 13.1 Å². The minimum absolute atomic E-state index is 0.0860. The van der Waals surface area contributed by atoms with E-state index in [0.29, 0.717) is 44.3 Å². The van der Waals surface area contributed by atoms with Crippen LogP contribution in [0.2, 0.25) is 0 Å². The van der Waals surface area contributed by atoms with Gasteiger partial charge < -0.3 is 20.1 Å². The number of hydrogen-bond acceptors (Lipinski definition) is 4. The van der Waals surface area contributed by atoms with Gasteiger partial charge in [-0.25, -0.2) is 9.78 Å². The molecule has 1 aromatic rings. The number of piperidine rings is 1. The lowest BCUT2D eigenvalue weighted by molar-refractivity contribution is -0.143. The number of hydrogen-bond donors (Lipinski definition) is 2. The van der Waals surface area contributed by atoms with E-state index in [0.717, 1.165) is 12.0 Å². The van der Waals surface area contributed by atoms with Crippen LogP contribution in [-0.2, 0) is 11.3 Å². The van der Waals surface area contributed by atoms with E-state index in [4.69, 9.17) is 9.84 Å². The maximum atomic E-state index is 12.3. The number of carbonyl (C=O) groups is 2. The molecule has 1 fully saturated rings. The lowest BCUT2D eigenvalue weighted by Crippen LogP contribution is -2.45. The van der Waals surface area contributed by atoms with Gasteiger partial charge in [-0.3, -0.25) is 4.79 Å². The Morgan fingerprint density at radius 1 is 1.35 bits per heavy atom. The van der Waals surface area contributed by atoms with Crippen molar-refractivity contribution >= 4 is 12.0 Å². The Hall–Kier alpha value is -2.31. The number of nitrogens with zero attached hydrogens (tertiary/aromatic N) is 2. The van der Waals surface area contributed by atoms with Gasteiger partial charge in [0, 0.05) is 31.9 Å². The Morgan fingerprint density at radius 2 is 2.04 bits per heavy atom. The number of aromatic nitrogens is 1. The molecule has 1 unspecified atom stereocenters. The number of pyridine rings is 1. The number of nitrogens with one attached hydrogen (secondary N) is 1. The Kier molecular flexibility index (Phi) is 7.24. The fourth-order valence-electron chi connectivity index (χ4n) is 3.16. The highest BCUT2D eigenvalue weighted by Crippen LogP contribution is 2.18. The quantitative estimate of drug-likeness (QED) is 0.777. The van der Waals surface area contributed by atoms with Crippen LogP contribution in [0, 0.1) is 11.8 Å². The van der Waals surface area contributed by atoms with Crippen LogP contribution in [0.3, 0.4) is 0 Å². The lowest BCUT2D eigenvalue weighted by Gasteiger charge is -2.30. The Labute approximate surface area is 154 Å². The van der Waals surface area contributed by atoms with Gasteiger partial charge in [0.05, 0.1) is 12.0 Å². The highest BCUT2D eigenvalue weighted by atomic mass is 16.5. The maximum absolute atomic E-state index is 12.3. The van der Waals surface area contributed by atoms with E-state index in [1.807, 2.05) is 19.1 Å². The van der Waals surface area contributed by atoms with Gasteiger partial charge in [0.1, 0.15) is 0 Å². The lowest BCUT2D eigenvalue weighted by atomic mass is 9.97. The van der Waals surface area contributed by atoms with Crippen LogP contribution in [-0.4, -0.2) is 46.2 Å². The molecule has 7 heteroatoms. The van der Waals surface area contributed by atoms with Gasteiger partial charge in [-0.1, -0.05) is 13.8 Å². The Bertz CT molecular complexity index is 613. The predicted molar refractivity (Wildman–Crippen MR) is 98.0 cm³/mol. The molecule has 26 heavy (non-hydrogen) atoms. The first-order valence-corrected chi connectivity index (χ1v) is 9.22. The van der Waals surface area contributed by atoms with Crippen molar-refractivity contribution in [1.29, 1.82) is 0 Å². The molecule has 2 heterocycles. The summed E-state index contributed by atoms with van der Waals surface area (Å²) >= 11 is 0. The third kappa shape index (κ3) is 6.20. The van der Waals surface area contributed by atoms with E-state index in [-0.39, 0.29) is 18.1 Å². The van der Waals surface area contributed by atoms with Gasteiger partial charge in [-0.2, -0.15) is 0 Å². The minimum Gasteiger partial charge on any atom is -0.481 e. The number of aliphatic carboxylic acids is 1. The van der Waals surface area contributed by atoms with Crippen molar-refractivity contribution in [3.63, 3.8) is 0 Å². The molecule has 0 aliphatic carbocycles. The van der Waals surface area contributed by atoms with E-state index in [9.17, 15) is 9.59 Å². The summed E-state index contributed by atoms with van der Waals surface area (Å²) in [6, 6.07) is 3.52. The summed E-state index contributed by atoms with van der Waals surface area (Å²) in [5.41, 5.74) is 0.917. The Morgan fingerprint density at radius 3 is 2.65 bits per heavy atom. The molecule has 1 saturated heterocycles. The van der Waals surface area contributed by atoms with E-state index in [1.165, 1.54) is 0 Å². The van der Waals surface area contributed by atoms with Crippen LogP contribution < -0.4 is 10.1 Å². The molecule has 1 aromatic heterocycles. The van der Waals surface area contributed by atoms with Crippen LogP contribution in [0.25, 0.3) is 0 Å². The molecule has 1 atom stereocenters. The second kappa shape index (κ2) is 9.40. The predicted octanol–water partition coefficient (Wildman–Crippen LogP) is 2.90. The highest BCUT2D eigenvalue weighted by molar-refractivity contribution is 5.75. The fourth-order valence-corrected chi connectivity index (χ4v) is 3.16. The molecule has 0 saturated carbocycles. The van der Waals surface area contributed by atoms with Crippen molar-refractivity contribution in [2.45, 2.75) is 52.7 Å². The zero-order chi connectivity index (χ0) is 19.1. The smallest absolute Gasteiger partial charge is 0.317 e. The molecule has 2 N–H and O–H groups in total. The first-order valence-electron chi connectivity index (χ1n) is 9.22. The first kappa shape index (κ1) is 20.0. The van der Waals surface area contributed by atoms with Gasteiger partial charge in [0.2, 0.25) is 5.88 Å². The normalized spacial score (nSPS) is 16.4. The topological polar surface area (TPSA) is 91.8 Å². The molecule has 144 valence electrons. The molecular weight excluding hydrogens is 334 g/mol. The molecular formula is C19H29N3O4. The van der Waals surface area contributed by atoms with Crippen molar-refractivity contribution in [3.05, 3.63) is 23.9 Å². The van der Waals surface area contributed by atoms with Crippen LogP contribution in [0.5, 0.6) is 5.88 Å². The molecule has 2 amide bonds. The van der Waals surface area contributed by atoms with Crippen molar-refractivity contribution in [2.24, 2.45) is 11.8 Å². The van der Waals surface area contributed by atoms with E-state index in [2.05, 4.69) is 24.1 Å². The third-order valence-corrected chi connectivity index (χ3v) is 4.50. The fraction of sp³-hybridized carbons (Fsp3) is 0.632. The number of amides is 2. The molecule has 1 aliphatic heterocycles. The van der Waals surface area contributed by atoms with Gasteiger partial charge in [0.25, 0.3) is 0 Å². The second-order valence-corrected chi connectivity index (χ2v) is 7.32. The Balaban J connectivity index is 1.81. The molecule has 0 bridgehead atoms. The summed E-state index contributed by atoms with van der Waals surface area (Å²) in [7, 11) is 0. The summed E-state index contributed by atoms with van der Waals surface area (Å²) in [6.07, 6.45) is 3.72. The minimum atomic E-state index is -0.777. The van der Waals surface area contributed by atoms with Crippen molar-refractivity contribution in [3.8, 4) is 5.88 Å². The SMILES string of the molecule is CC(C)CC(C)Oc1cc(CNC(=O)N2CCC(C(=O)O)CC2)ccn1. The zero-order valence-electron chi connectivity index (χ0n) is 15.8. The van der Waals surface area contributed by atoms with E-state index >= 15 is 0 Å². The summed E-state index contributed by atoms with van der Waals surface area (Å²) in [6.45, 7) is 7.66. The maximum Gasteiger partial charge on any atom is 0.317 e. The summed E-state index contributed by atoms with van der Waals surface area (Å²) in [5.74, 6) is -0.00207. The van der Waals surface area contributed by atoms with Crippen molar-refractivity contribution in [1.82, 2.24) is 15.2 Å². The van der Waals surface area contributed by atoms with Crippen LogP contribution in [0.4, 0.5) is 4.79 Å². The number of urea groups is 1. The van der Waals surface area contributed by atoms with Gasteiger partial charge >= 0.3 is 12.0 Å². The van der Waals surface area contributed by atoms with E-state index < -0.39 is 5.97 Å². The molecule has 0 radical (unpaired) electrons. The monoisotopic (exact) mass is 363 g/mol. The number of carboxylic acids is 1. The standard InChI is InChI=1S/C19H29N3O4/c1-13(2)10-14(3)26-17-11-15(4-7-20-17)12-21-19(25)22-8-5-16(6-9-22)18(23)24/h4,7,11,13-14,16H,5-6,8-10,12H2,1-3H3,(H,21,25)(H,23,24). The summed E-state index contributed by atoms with van der Waals surface area (Å²) < 4.78 is 5.83. The molecule has 0 aromatic carbocycles. The number of likely N-dealkylation sites (tertiary alicyclic amines) is 1. The van der Waals surface area contributed by atoms with Crippen LogP contribution in [0.1, 0.15) is 45.6 Å². The molecule has 1 aliphatic rings. The van der Waals surface area contributed by atoms with Crippen LogP contribution in [0.15, 0.2) is 18.3 Å². The average Bonchev–Trinajstić information content (AvgIpc) is 2.59. The van der Waals surface area contributed by atoms with Crippen LogP contribution >= 0.6 is 0 Å². The second-order valence-electron chi connectivity index (χ2n) is 7.32. The highest BCUT2D eigenvalue weighted by Gasteiger charge is 2.26. The molecule has 7 nitrogen and oxygen atoms in total. The summed E-state index contributed by atoms with van der Waals surface area (Å²) in [5, 5.41) is 11.9.